The summed E-state index contributed by atoms with van der Waals surface area (Å²) in [5.41, 5.74) is 5.69. The van der Waals surface area contributed by atoms with Gasteiger partial charge in [-0.05, 0) is 49.1 Å². The molecule has 6 rings (SSSR count). The number of fused-ring (bicyclic) bond motifs is 2. The van der Waals surface area contributed by atoms with Gasteiger partial charge in [0, 0.05) is 17.6 Å². The molecule has 10 nitrogen and oxygen atoms in total. The van der Waals surface area contributed by atoms with Gasteiger partial charge in [0.1, 0.15) is 30.0 Å². The van der Waals surface area contributed by atoms with Crippen molar-refractivity contribution in [1.29, 1.82) is 0 Å². The van der Waals surface area contributed by atoms with Crippen molar-refractivity contribution in [3.05, 3.63) is 72.2 Å². The summed E-state index contributed by atoms with van der Waals surface area (Å²) < 4.78 is 29.8. The fourth-order valence-electron chi connectivity index (χ4n) is 5.18. The van der Waals surface area contributed by atoms with Crippen molar-refractivity contribution in [2.24, 2.45) is 11.7 Å². The van der Waals surface area contributed by atoms with Crippen LogP contribution in [-0.2, 0) is 16.1 Å². The predicted molar refractivity (Wildman–Crippen MR) is 131 cm³/mol. The highest BCUT2D eigenvalue weighted by Gasteiger charge is 2.56. The lowest BCUT2D eigenvalue weighted by Gasteiger charge is -2.27. The Morgan fingerprint density at radius 1 is 1.05 bits per heavy atom. The number of carbonyl (C=O) groups is 3. The van der Waals surface area contributed by atoms with Crippen LogP contribution < -0.4 is 11.1 Å². The van der Waals surface area contributed by atoms with Crippen LogP contribution in [0.3, 0.4) is 0 Å². The molecule has 4 aromatic rings. The summed E-state index contributed by atoms with van der Waals surface area (Å²) in [6, 6.07) is 8.78. The molecule has 3 aromatic heterocycles. The molecular weight excluding hydrogens is 496 g/mol. The van der Waals surface area contributed by atoms with Crippen LogP contribution in [0.1, 0.15) is 23.3 Å². The van der Waals surface area contributed by atoms with E-state index in [0.717, 1.165) is 18.6 Å². The molecule has 1 aromatic carbocycles. The van der Waals surface area contributed by atoms with E-state index in [1.54, 1.807) is 11.0 Å². The third-order valence-electron chi connectivity index (χ3n) is 6.99. The summed E-state index contributed by atoms with van der Waals surface area (Å²) in [5.74, 6) is -2.73. The Kier molecular flexibility index (Phi) is 5.59. The van der Waals surface area contributed by atoms with E-state index in [2.05, 4.69) is 20.4 Å². The first-order chi connectivity index (χ1) is 18.3. The van der Waals surface area contributed by atoms with Gasteiger partial charge in [-0.3, -0.25) is 24.0 Å². The smallest absolute Gasteiger partial charge is 0.269 e. The maximum atomic E-state index is 14.2. The van der Waals surface area contributed by atoms with Gasteiger partial charge in [-0.1, -0.05) is 12.1 Å². The van der Waals surface area contributed by atoms with E-state index in [0.29, 0.717) is 17.3 Å². The number of carbonyl (C=O) groups excluding carboxylic acids is 3. The lowest BCUT2D eigenvalue weighted by molar-refractivity contribution is -0.138. The number of nitrogens with one attached hydrogen (secondary N) is 1. The number of halogens is 2. The summed E-state index contributed by atoms with van der Waals surface area (Å²) in [7, 11) is 0. The molecule has 0 unspecified atom stereocenters. The molecule has 0 spiro atoms. The van der Waals surface area contributed by atoms with Gasteiger partial charge in [0.25, 0.3) is 5.91 Å². The summed E-state index contributed by atoms with van der Waals surface area (Å²) in [6.07, 6.45) is 4.27. The number of amides is 3. The minimum Gasteiger partial charge on any atom is -0.364 e. The monoisotopic (exact) mass is 517 g/mol. The third-order valence-corrected chi connectivity index (χ3v) is 6.99. The van der Waals surface area contributed by atoms with Gasteiger partial charge < -0.3 is 16.0 Å². The van der Waals surface area contributed by atoms with E-state index in [1.165, 1.54) is 41.3 Å². The van der Waals surface area contributed by atoms with Crippen molar-refractivity contribution in [3.63, 3.8) is 0 Å². The average Bonchev–Trinajstić information content (AvgIpc) is 3.39. The first-order valence-electron chi connectivity index (χ1n) is 12.0. The fraction of sp³-hybridized carbons (Fsp3) is 0.231. The highest BCUT2D eigenvalue weighted by molar-refractivity contribution is 6.04. The second kappa shape index (κ2) is 8.98. The second-order valence-corrected chi connectivity index (χ2v) is 9.37. The Labute approximate surface area is 214 Å². The van der Waals surface area contributed by atoms with E-state index >= 15 is 0 Å². The second-order valence-electron chi connectivity index (χ2n) is 9.37. The molecule has 1 saturated carbocycles. The minimum absolute atomic E-state index is 0.0324. The topological polar surface area (TPSA) is 136 Å². The van der Waals surface area contributed by atoms with Crippen molar-refractivity contribution in [1.82, 2.24) is 24.6 Å². The van der Waals surface area contributed by atoms with Crippen LogP contribution in [0.2, 0.25) is 0 Å². The number of nitrogens with zero attached hydrogens (tertiary/aromatic N) is 5. The van der Waals surface area contributed by atoms with Crippen molar-refractivity contribution < 1.29 is 23.2 Å². The van der Waals surface area contributed by atoms with Crippen LogP contribution in [0, 0.1) is 17.6 Å². The van der Waals surface area contributed by atoms with Crippen molar-refractivity contribution in [3.8, 4) is 11.3 Å². The number of rotatable bonds is 6. The summed E-state index contributed by atoms with van der Waals surface area (Å²) in [6.45, 7) is -0.206. The predicted octanol–water partition coefficient (Wildman–Crippen LogP) is 2.50. The number of likely N-dealkylation sites (tertiary alicyclic amines) is 1. The number of primary amides is 1. The Morgan fingerprint density at radius 2 is 1.82 bits per heavy atom. The number of hydrogen-bond acceptors (Lipinski definition) is 6. The molecule has 4 heterocycles. The summed E-state index contributed by atoms with van der Waals surface area (Å²) in [4.78, 5) is 48.3. The molecule has 3 atom stereocenters. The van der Waals surface area contributed by atoms with Crippen molar-refractivity contribution in [2.45, 2.75) is 31.5 Å². The van der Waals surface area contributed by atoms with Gasteiger partial charge in [-0.25, -0.2) is 13.8 Å². The largest absolute Gasteiger partial charge is 0.364 e. The zero-order valence-corrected chi connectivity index (χ0v) is 19.8. The minimum atomic E-state index is -0.769. The Hall–Kier alpha value is -4.74. The number of piperidine rings is 1. The zero-order valence-electron chi connectivity index (χ0n) is 19.8. The average molecular weight is 517 g/mol. The highest BCUT2D eigenvalue weighted by Crippen LogP contribution is 2.48. The quantitative estimate of drug-likeness (QED) is 0.403. The van der Waals surface area contributed by atoms with Crippen LogP contribution in [0.25, 0.3) is 22.2 Å². The van der Waals surface area contributed by atoms with Crippen molar-refractivity contribution >= 4 is 34.4 Å². The molecule has 1 saturated heterocycles. The van der Waals surface area contributed by atoms with Gasteiger partial charge in [0.2, 0.25) is 11.8 Å². The summed E-state index contributed by atoms with van der Waals surface area (Å²) in [5, 5.41) is 7.38. The number of nitrogens with two attached hydrogens (primary N) is 1. The normalized spacial score (nSPS) is 19.8. The first-order valence-corrected chi connectivity index (χ1v) is 12.0. The van der Waals surface area contributed by atoms with E-state index in [1.807, 2.05) is 0 Å². The number of aromatic nitrogens is 4. The zero-order chi connectivity index (χ0) is 26.6. The Morgan fingerprint density at radius 3 is 2.58 bits per heavy atom. The molecule has 38 heavy (non-hydrogen) atoms. The van der Waals surface area contributed by atoms with Gasteiger partial charge in [0.05, 0.1) is 23.0 Å². The van der Waals surface area contributed by atoms with Crippen LogP contribution in [-0.4, -0.2) is 54.5 Å². The van der Waals surface area contributed by atoms with E-state index in [9.17, 15) is 23.2 Å². The fourth-order valence-corrected chi connectivity index (χ4v) is 5.18. The molecule has 192 valence electrons. The maximum absolute atomic E-state index is 14.2. The van der Waals surface area contributed by atoms with E-state index < -0.39 is 29.5 Å². The summed E-state index contributed by atoms with van der Waals surface area (Å²) >= 11 is 0. The van der Waals surface area contributed by atoms with Gasteiger partial charge >= 0.3 is 0 Å². The molecular formula is C26H21F2N7O3. The molecule has 0 radical (unpaired) electrons. The molecule has 1 aliphatic carbocycles. The van der Waals surface area contributed by atoms with E-state index in [-0.39, 0.29) is 47.2 Å². The third kappa shape index (κ3) is 4.03. The van der Waals surface area contributed by atoms with Crippen LogP contribution in [0.15, 0.2) is 54.9 Å². The SMILES string of the molecule is NC(=O)c1nn(CC(=O)N2[C@@H]3C[C@@H]3C[C@H]2C(=O)Nc2cccc(-c3c(F)cccc3F)n2)c2cnccc12. The Bertz CT molecular complexity index is 1600. The van der Waals surface area contributed by atoms with Crippen LogP contribution in [0.5, 0.6) is 0 Å². The van der Waals surface area contributed by atoms with Gasteiger partial charge in [-0.15, -0.1) is 0 Å². The number of anilines is 1. The Balaban J connectivity index is 1.22. The lowest BCUT2D eigenvalue weighted by Crippen LogP contribution is -2.46. The molecule has 2 aliphatic rings. The van der Waals surface area contributed by atoms with E-state index in [4.69, 9.17) is 5.73 Å². The first kappa shape index (κ1) is 23.6. The lowest BCUT2D eigenvalue weighted by atomic mass is 10.1. The number of pyridine rings is 2. The van der Waals surface area contributed by atoms with Crippen LogP contribution in [0.4, 0.5) is 14.6 Å². The molecule has 0 bridgehead atoms. The molecule has 12 heteroatoms. The standard InChI is InChI=1S/C26H21F2N7O3/c27-15-3-1-4-16(28)23(15)17-5-2-6-21(31-17)32-26(38)19-10-13-9-18(13)35(19)22(36)12-34-20-11-30-8-7-14(20)24(33-34)25(29)37/h1-8,11,13,18-19H,9-10,12H2,(H2,29,37)(H,31,32,38)/t13-,18-,19+/m1/s1. The molecule has 3 N–H and O–H groups in total. The van der Waals surface area contributed by atoms with Gasteiger partial charge in [-0.2, -0.15) is 5.10 Å². The molecule has 1 aliphatic heterocycles. The number of benzene rings is 1. The maximum Gasteiger partial charge on any atom is 0.269 e. The van der Waals surface area contributed by atoms with Crippen LogP contribution >= 0.6 is 0 Å². The highest BCUT2D eigenvalue weighted by atomic mass is 19.1. The van der Waals surface area contributed by atoms with Gasteiger partial charge in [0.15, 0.2) is 5.69 Å². The van der Waals surface area contributed by atoms with Crippen molar-refractivity contribution in [2.75, 3.05) is 5.32 Å². The molecule has 3 amide bonds. The number of hydrogen-bond donors (Lipinski definition) is 2. The molecule has 2 fully saturated rings.